The van der Waals surface area contributed by atoms with Crippen LogP contribution in [0.2, 0.25) is 0 Å². The van der Waals surface area contributed by atoms with Crippen molar-refractivity contribution in [1.82, 2.24) is 4.98 Å². The van der Waals surface area contributed by atoms with E-state index in [0.717, 1.165) is 0 Å². The summed E-state index contributed by atoms with van der Waals surface area (Å²) < 4.78 is 16.3. The highest BCUT2D eigenvalue weighted by molar-refractivity contribution is 5.99. The van der Waals surface area contributed by atoms with E-state index in [9.17, 15) is 9.59 Å². The van der Waals surface area contributed by atoms with Crippen molar-refractivity contribution in [3.8, 4) is 5.75 Å². The number of carbonyl (C=O) groups excluding carboxylic acids is 2. The average Bonchev–Trinajstić information content (AvgIpc) is 3.01. The maximum absolute atomic E-state index is 12.3. The molecule has 0 radical (unpaired) electrons. The zero-order valence-electron chi connectivity index (χ0n) is 13.9. The van der Waals surface area contributed by atoms with Crippen molar-refractivity contribution in [3.63, 3.8) is 0 Å². The standard InChI is InChI=1S/C19H16N2O5/c22-18-9-10-24-16-8-4-2-6-14(16)21(18)11-19(23)25-12-17-20-13-5-1-3-7-15(13)26-17/h1-8H,9-12H2. The van der Waals surface area contributed by atoms with Gasteiger partial charge in [0, 0.05) is 0 Å². The Bertz CT molecular complexity index is 932. The number of benzene rings is 2. The quantitative estimate of drug-likeness (QED) is 0.672. The van der Waals surface area contributed by atoms with Crippen LogP contribution < -0.4 is 9.64 Å². The summed E-state index contributed by atoms with van der Waals surface area (Å²) in [5, 5.41) is 0. The molecule has 1 amide bonds. The number of esters is 1. The minimum absolute atomic E-state index is 0.0896. The van der Waals surface area contributed by atoms with E-state index in [-0.39, 0.29) is 32.1 Å². The molecule has 0 bridgehead atoms. The molecular formula is C19H16N2O5. The number of rotatable bonds is 4. The van der Waals surface area contributed by atoms with E-state index in [0.29, 0.717) is 28.4 Å². The summed E-state index contributed by atoms with van der Waals surface area (Å²) in [7, 11) is 0. The van der Waals surface area contributed by atoms with Crippen molar-refractivity contribution < 1.29 is 23.5 Å². The number of hydrogen-bond acceptors (Lipinski definition) is 6. The van der Waals surface area contributed by atoms with Gasteiger partial charge in [0.15, 0.2) is 12.2 Å². The third kappa shape index (κ3) is 3.23. The van der Waals surface area contributed by atoms with Gasteiger partial charge in [-0.05, 0) is 24.3 Å². The van der Waals surface area contributed by atoms with Crippen molar-refractivity contribution >= 4 is 28.7 Å². The highest BCUT2D eigenvalue weighted by Crippen LogP contribution is 2.30. The predicted molar refractivity (Wildman–Crippen MR) is 92.7 cm³/mol. The van der Waals surface area contributed by atoms with Crippen LogP contribution in [-0.4, -0.2) is 30.0 Å². The Balaban J connectivity index is 1.44. The zero-order chi connectivity index (χ0) is 17.9. The monoisotopic (exact) mass is 352 g/mol. The second kappa shape index (κ2) is 6.87. The van der Waals surface area contributed by atoms with E-state index in [2.05, 4.69) is 4.98 Å². The van der Waals surface area contributed by atoms with E-state index < -0.39 is 5.97 Å². The maximum atomic E-state index is 12.3. The largest absolute Gasteiger partial charge is 0.491 e. The first-order valence-electron chi connectivity index (χ1n) is 8.23. The van der Waals surface area contributed by atoms with E-state index in [1.165, 1.54) is 4.90 Å². The molecule has 1 aliphatic heterocycles. The van der Waals surface area contributed by atoms with Crippen molar-refractivity contribution in [3.05, 3.63) is 54.4 Å². The second-order valence-electron chi connectivity index (χ2n) is 5.78. The van der Waals surface area contributed by atoms with Crippen LogP contribution in [0.25, 0.3) is 11.1 Å². The lowest BCUT2D eigenvalue weighted by molar-refractivity contribution is -0.144. The lowest BCUT2D eigenvalue weighted by Gasteiger charge is -2.20. The van der Waals surface area contributed by atoms with Crippen LogP contribution in [0.1, 0.15) is 12.3 Å². The summed E-state index contributed by atoms with van der Waals surface area (Å²) in [6.45, 7) is -0.00255. The maximum Gasteiger partial charge on any atom is 0.326 e. The van der Waals surface area contributed by atoms with E-state index >= 15 is 0 Å². The molecule has 0 N–H and O–H groups in total. The van der Waals surface area contributed by atoms with Gasteiger partial charge in [-0.15, -0.1) is 0 Å². The molecular weight excluding hydrogens is 336 g/mol. The molecule has 0 aliphatic carbocycles. The lowest BCUT2D eigenvalue weighted by Crippen LogP contribution is -2.36. The Kier molecular flexibility index (Phi) is 4.27. The minimum atomic E-state index is -0.544. The van der Waals surface area contributed by atoms with Crippen LogP contribution in [0.15, 0.2) is 52.9 Å². The van der Waals surface area contributed by atoms with Crippen molar-refractivity contribution in [2.45, 2.75) is 13.0 Å². The molecule has 2 aromatic carbocycles. The van der Waals surface area contributed by atoms with Crippen LogP contribution in [0.5, 0.6) is 5.75 Å². The number of carbonyl (C=O) groups is 2. The van der Waals surface area contributed by atoms with Crippen LogP contribution in [-0.2, 0) is 20.9 Å². The number of oxazole rings is 1. The molecule has 7 heteroatoms. The van der Waals surface area contributed by atoms with Crippen LogP contribution in [0.4, 0.5) is 5.69 Å². The summed E-state index contributed by atoms with van der Waals surface area (Å²) in [5.41, 5.74) is 1.90. The Morgan fingerprint density at radius 3 is 2.85 bits per heavy atom. The lowest BCUT2D eigenvalue weighted by atomic mass is 10.2. The van der Waals surface area contributed by atoms with Gasteiger partial charge in [-0.1, -0.05) is 24.3 Å². The van der Waals surface area contributed by atoms with Gasteiger partial charge in [0.1, 0.15) is 17.8 Å². The van der Waals surface area contributed by atoms with Crippen LogP contribution >= 0.6 is 0 Å². The Labute approximate surface area is 149 Å². The fourth-order valence-electron chi connectivity index (χ4n) is 2.79. The highest BCUT2D eigenvalue weighted by Gasteiger charge is 2.25. The molecule has 1 aromatic heterocycles. The second-order valence-corrected chi connectivity index (χ2v) is 5.78. The van der Waals surface area contributed by atoms with Crippen molar-refractivity contribution in [2.75, 3.05) is 18.1 Å². The molecule has 1 aliphatic rings. The first-order valence-corrected chi connectivity index (χ1v) is 8.23. The Morgan fingerprint density at radius 1 is 1.15 bits per heavy atom. The van der Waals surface area contributed by atoms with Gasteiger partial charge < -0.3 is 13.9 Å². The van der Waals surface area contributed by atoms with Crippen molar-refractivity contribution in [2.24, 2.45) is 0 Å². The Morgan fingerprint density at radius 2 is 1.96 bits per heavy atom. The van der Waals surface area contributed by atoms with Crippen LogP contribution in [0.3, 0.4) is 0 Å². The molecule has 7 nitrogen and oxygen atoms in total. The molecule has 132 valence electrons. The molecule has 0 atom stereocenters. The summed E-state index contributed by atoms with van der Waals surface area (Å²) in [6, 6.07) is 14.4. The molecule has 0 saturated heterocycles. The average molecular weight is 352 g/mol. The molecule has 4 rings (SSSR count). The van der Waals surface area contributed by atoms with Gasteiger partial charge in [0.25, 0.3) is 0 Å². The molecule has 0 fully saturated rings. The summed E-state index contributed by atoms with van der Waals surface area (Å²) in [4.78, 5) is 30.2. The number of ether oxygens (including phenoxy) is 2. The molecule has 3 aromatic rings. The molecule has 0 unspecified atom stereocenters. The number of nitrogens with zero attached hydrogens (tertiary/aromatic N) is 2. The highest BCUT2D eigenvalue weighted by atomic mass is 16.5. The molecule has 0 saturated carbocycles. The molecule has 26 heavy (non-hydrogen) atoms. The number of anilines is 1. The summed E-state index contributed by atoms with van der Waals surface area (Å²) >= 11 is 0. The molecule has 0 spiro atoms. The normalized spacial score (nSPS) is 13.8. The molecule has 2 heterocycles. The van der Waals surface area contributed by atoms with Gasteiger partial charge in [-0.2, -0.15) is 0 Å². The third-order valence-corrected chi connectivity index (χ3v) is 4.01. The number of aromatic nitrogens is 1. The number of hydrogen-bond donors (Lipinski definition) is 0. The Hall–Kier alpha value is -3.35. The number of amides is 1. The van der Waals surface area contributed by atoms with Gasteiger partial charge >= 0.3 is 5.97 Å². The van der Waals surface area contributed by atoms with Gasteiger partial charge in [0.05, 0.1) is 18.7 Å². The van der Waals surface area contributed by atoms with Gasteiger partial charge in [-0.3, -0.25) is 14.5 Å². The first kappa shape index (κ1) is 16.1. The smallest absolute Gasteiger partial charge is 0.326 e. The number of fused-ring (bicyclic) bond motifs is 2. The third-order valence-electron chi connectivity index (χ3n) is 4.01. The minimum Gasteiger partial charge on any atom is -0.491 e. The van der Waals surface area contributed by atoms with Crippen LogP contribution in [0, 0.1) is 0 Å². The topological polar surface area (TPSA) is 81.9 Å². The SMILES string of the molecule is O=C(CN1C(=O)CCOc2ccccc21)OCc1nc2ccccc2o1. The summed E-state index contributed by atoms with van der Waals surface area (Å²) in [6.07, 6.45) is 0.201. The van der Waals surface area contributed by atoms with Gasteiger partial charge in [-0.25, -0.2) is 4.98 Å². The number of para-hydroxylation sites is 4. The predicted octanol–water partition coefficient (Wildman–Crippen LogP) is 2.69. The van der Waals surface area contributed by atoms with Crippen molar-refractivity contribution in [1.29, 1.82) is 0 Å². The fourth-order valence-corrected chi connectivity index (χ4v) is 2.79. The summed E-state index contributed by atoms with van der Waals surface area (Å²) in [5.74, 6) is 0.154. The fraction of sp³-hybridized carbons (Fsp3) is 0.211. The zero-order valence-corrected chi connectivity index (χ0v) is 13.9. The van der Waals surface area contributed by atoms with Gasteiger partial charge in [0.2, 0.25) is 11.8 Å². The van der Waals surface area contributed by atoms with E-state index in [1.807, 2.05) is 24.3 Å². The first-order chi connectivity index (χ1) is 12.7. The van der Waals surface area contributed by atoms with E-state index in [4.69, 9.17) is 13.9 Å². The van der Waals surface area contributed by atoms with E-state index in [1.54, 1.807) is 24.3 Å².